The Labute approximate surface area is 137 Å². The van der Waals surface area contributed by atoms with Crippen molar-refractivity contribution in [2.75, 3.05) is 6.54 Å². The molecule has 1 atom stereocenters. The molecule has 0 aliphatic carbocycles. The summed E-state index contributed by atoms with van der Waals surface area (Å²) in [5.41, 5.74) is 0.914. The lowest BCUT2D eigenvalue weighted by Gasteiger charge is -2.16. The van der Waals surface area contributed by atoms with Gasteiger partial charge in [0.25, 0.3) is 0 Å². The van der Waals surface area contributed by atoms with Gasteiger partial charge >= 0.3 is 0 Å². The van der Waals surface area contributed by atoms with Gasteiger partial charge in [0.15, 0.2) is 5.96 Å². The van der Waals surface area contributed by atoms with Crippen LogP contribution in [0.1, 0.15) is 43.4 Å². The summed E-state index contributed by atoms with van der Waals surface area (Å²) in [6.45, 7) is 9.28. The Morgan fingerprint density at radius 1 is 1.39 bits per heavy atom. The molecule has 6 heteroatoms. The van der Waals surface area contributed by atoms with Crippen LogP contribution in [0.2, 0.25) is 0 Å². The van der Waals surface area contributed by atoms with Crippen LogP contribution in [-0.2, 0) is 13.0 Å². The predicted octanol–water partition coefficient (Wildman–Crippen LogP) is 2.96. The number of hydrogen-bond acceptors (Lipinski definition) is 4. The number of aryl methyl sites for hydroxylation is 2. The first-order valence-corrected chi connectivity index (χ1v) is 8.08. The number of guanidine groups is 1. The average Bonchev–Trinajstić information content (AvgIpc) is 3.15. The number of hydrogen-bond donors (Lipinski definition) is 2. The molecule has 23 heavy (non-hydrogen) atoms. The third kappa shape index (κ3) is 5.47. The van der Waals surface area contributed by atoms with Crippen LogP contribution in [0.25, 0.3) is 0 Å². The molecule has 0 saturated carbocycles. The topological polar surface area (TPSA) is 75.6 Å². The fourth-order valence-corrected chi connectivity index (χ4v) is 2.00. The largest absolute Gasteiger partial charge is 0.469 e. The molecule has 0 aliphatic rings. The van der Waals surface area contributed by atoms with Crippen LogP contribution in [0.4, 0.5) is 0 Å². The van der Waals surface area contributed by atoms with Crippen molar-refractivity contribution in [3.8, 4) is 0 Å². The van der Waals surface area contributed by atoms with E-state index in [2.05, 4.69) is 34.5 Å². The van der Waals surface area contributed by atoms with Crippen LogP contribution in [0.5, 0.6) is 0 Å². The number of aliphatic imine (C=N–C) groups is 1. The van der Waals surface area contributed by atoms with E-state index in [0.29, 0.717) is 18.5 Å². The second kappa shape index (κ2) is 8.41. The quantitative estimate of drug-likeness (QED) is 0.606. The van der Waals surface area contributed by atoms with Crippen LogP contribution in [-0.4, -0.2) is 23.5 Å². The van der Waals surface area contributed by atoms with Crippen molar-refractivity contribution in [1.82, 2.24) is 15.6 Å². The van der Waals surface area contributed by atoms with Crippen LogP contribution < -0.4 is 10.6 Å². The SMILES string of the molecule is CCC(C)NC(=NCc1nc(C)c(C)o1)NCCc1ccco1. The summed E-state index contributed by atoms with van der Waals surface area (Å²) in [5, 5.41) is 6.70. The van der Waals surface area contributed by atoms with Crippen LogP contribution in [0.15, 0.2) is 32.2 Å². The van der Waals surface area contributed by atoms with Crippen molar-refractivity contribution in [3.63, 3.8) is 0 Å². The number of oxazole rings is 1. The minimum atomic E-state index is 0.345. The van der Waals surface area contributed by atoms with Crippen LogP contribution in [0.3, 0.4) is 0 Å². The highest BCUT2D eigenvalue weighted by Crippen LogP contribution is 2.09. The second-order valence-corrected chi connectivity index (χ2v) is 5.62. The van der Waals surface area contributed by atoms with Gasteiger partial charge in [0.05, 0.1) is 12.0 Å². The summed E-state index contributed by atoms with van der Waals surface area (Å²) in [4.78, 5) is 8.92. The Morgan fingerprint density at radius 3 is 2.83 bits per heavy atom. The number of aromatic nitrogens is 1. The van der Waals surface area contributed by atoms with Gasteiger partial charge in [-0.2, -0.15) is 0 Å². The molecule has 0 fully saturated rings. The van der Waals surface area contributed by atoms with Gasteiger partial charge in [-0.25, -0.2) is 9.98 Å². The fraction of sp³-hybridized carbons (Fsp3) is 0.529. The highest BCUT2D eigenvalue weighted by molar-refractivity contribution is 5.80. The summed E-state index contributed by atoms with van der Waals surface area (Å²) < 4.78 is 10.9. The molecule has 1 unspecified atom stereocenters. The molecule has 2 aromatic heterocycles. The molecule has 126 valence electrons. The Morgan fingerprint density at radius 2 is 2.22 bits per heavy atom. The highest BCUT2D eigenvalue weighted by atomic mass is 16.4. The van der Waals surface area contributed by atoms with Gasteiger partial charge in [0, 0.05) is 19.0 Å². The van der Waals surface area contributed by atoms with E-state index in [0.717, 1.165) is 42.6 Å². The zero-order valence-corrected chi connectivity index (χ0v) is 14.3. The van der Waals surface area contributed by atoms with E-state index >= 15 is 0 Å². The lowest BCUT2D eigenvalue weighted by Crippen LogP contribution is -2.42. The summed E-state index contributed by atoms with van der Waals surface area (Å²) >= 11 is 0. The van der Waals surface area contributed by atoms with E-state index in [-0.39, 0.29) is 0 Å². The summed E-state index contributed by atoms with van der Waals surface area (Å²) in [6.07, 6.45) is 3.52. The Balaban J connectivity index is 1.93. The molecule has 0 aliphatic heterocycles. The average molecular weight is 318 g/mol. The standard InChI is InChI=1S/C17H26N4O2/c1-5-12(2)20-17(18-9-8-15-7-6-10-22-15)19-11-16-21-13(3)14(4)23-16/h6-7,10,12H,5,8-9,11H2,1-4H3,(H2,18,19,20). The number of furan rings is 1. The monoisotopic (exact) mass is 318 g/mol. The molecule has 0 saturated heterocycles. The first kappa shape index (κ1) is 17.1. The zero-order valence-electron chi connectivity index (χ0n) is 14.3. The minimum absolute atomic E-state index is 0.345. The highest BCUT2D eigenvalue weighted by Gasteiger charge is 2.07. The van der Waals surface area contributed by atoms with E-state index in [1.165, 1.54) is 0 Å². The van der Waals surface area contributed by atoms with Gasteiger partial charge in [-0.3, -0.25) is 0 Å². The molecule has 2 N–H and O–H groups in total. The molecule has 6 nitrogen and oxygen atoms in total. The number of nitrogens with one attached hydrogen (secondary N) is 2. The first-order chi connectivity index (χ1) is 11.1. The normalized spacial score (nSPS) is 13.1. The third-order valence-corrected chi connectivity index (χ3v) is 3.68. The molecule has 0 bridgehead atoms. The van der Waals surface area contributed by atoms with Gasteiger partial charge in [-0.05, 0) is 39.3 Å². The van der Waals surface area contributed by atoms with Crippen molar-refractivity contribution in [1.29, 1.82) is 0 Å². The van der Waals surface area contributed by atoms with Crippen molar-refractivity contribution >= 4 is 5.96 Å². The smallest absolute Gasteiger partial charge is 0.216 e. The third-order valence-electron chi connectivity index (χ3n) is 3.68. The molecule has 2 rings (SSSR count). The maximum absolute atomic E-state index is 5.57. The Hall–Kier alpha value is -2.24. The summed E-state index contributed by atoms with van der Waals surface area (Å²) in [5.74, 6) is 3.20. The lowest BCUT2D eigenvalue weighted by molar-refractivity contribution is 0.472. The van der Waals surface area contributed by atoms with Crippen molar-refractivity contribution in [2.45, 2.75) is 53.1 Å². The molecule has 0 radical (unpaired) electrons. The van der Waals surface area contributed by atoms with E-state index in [9.17, 15) is 0 Å². The zero-order chi connectivity index (χ0) is 16.7. The van der Waals surface area contributed by atoms with Crippen molar-refractivity contribution in [2.24, 2.45) is 4.99 Å². The first-order valence-electron chi connectivity index (χ1n) is 8.08. The maximum Gasteiger partial charge on any atom is 0.216 e. The second-order valence-electron chi connectivity index (χ2n) is 5.62. The van der Waals surface area contributed by atoms with Gasteiger partial charge in [0.2, 0.25) is 5.89 Å². The van der Waals surface area contributed by atoms with E-state index in [1.54, 1.807) is 6.26 Å². The van der Waals surface area contributed by atoms with Gasteiger partial charge in [0.1, 0.15) is 18.1 Å². The van der Waals surface area contributed by atoms with Crippen LogP contribution >= 0.6 is 0 Å². The summed E-state index contributed by atoms with van der Waals surface area (Å²) in [7, 11) is 0. The Kier molecular flexibility index (Phi) is 6.26. The van der Waals surface area contributed by atoms with Gasteiger partial charge in [-0.1, -0.05) is 6.92 Å². The Bertz CT molecular complexity index is 597. The van der Waals surface area contributed by atoms with E-state index in [1.807, 2.05) is 26.0 Å². The van der Waals surface area contributed by atoms with Gasteiger partial charge < -0.3 is 19.5 Å². The van der Waals surface area contributed by atoms with Crippen LogP contribution in [0, 0.1) is 13.8 Å². The van der Waals surface area contributed by atoms with Gasteiger partial charge in [-0.15, -0.1) is 0 Å². The molecule has 0 amide bonds. The molecule has 0 aromatic carbocycles. The fourth-order valence-electron chi connectivity index (χ4n) is 2.00. The van der Waals surface area contributed by atoms with E-state index < -0.39 is 0 Å². The van der Waals surface area contributed by atoms with E-state index in [4.69, 9.17) is 8.83 Å². The molecule has 2 aromatic rings. The predicted molar refractivity (Wildman–Crippen MR) is 90.4 cm³/mol. The molecular formula is C17H26N4O2. The maximum atomic E-state index is 5.57. The van der Waals surface area contributed by atoms with Crippen molar-refractivity contribution in [3.05, 3.63) is 41.5 Å². The molecule has 0 spiro atoms. The number of rotatable bonds is 7. The molecule has 2 heterocycles. The minimum Gasteiger partial charge on any atom is -0.469 e. The molecular weight excluding hydrogens is 292 g/mol. The lowest BCUT2D eigenvalue weighted by atomic mass is 10.3. The number of nitrogens with zero attached hydrogens (tertiary/aromatic N) is 2. The van der Waals surface area contributed by atoms with Crippen molar-refractivity contribution < 1.29 is 8.83 Å². The summed E-state index contributed by atoms with van der Waals surface area (Å²) in [6, 6.07) is 4.21.